The molecular formula is C9H13ClF2N2O3S. The molecule has 1 aromatic rings. The van der Waals surface area contributed by atoms with Gasteiger partial charge in [-0.3, -0.25) is 0 Å². The highest BCUT2D eigenvalue weighted by Crippen LogP contribution is 2.23. The fourth-order valence-electron chi connectivity index (χ4n) is 1.15. The first-order valence-corrected chi connectivity index (χ1v) is 7.49. The molecule has 0 aliphatic heterocycles. The number of hydrogen-bond donors (Lipinski definition) is 0. The molecule has 1 heterocycles. The average molecular weight is 303 g/mol. The molecule has 0 bridgehead atoms. The first-order chi connectivity index (χ1) is 8.25. The third-order valence-corrected chi connectivity index (χ3v) is 3.68. The molecule has 1 rings (SSSR count). The molecule has 5 nitrogen and oxygen atoms in total. The van der Waals surface area contributed by atoms with Gasteiger partial charge in [0.2, 0.25) is 0 Å². The van der Waals surface area contributed by atoms with E-state index in [1.807, 2.05) is 6.92 Å². The third kappa shape index (κ3) is 3.89. The smallest absolute Gasteiger partial charge is 0.333 e. The Balaban J connectivity index is 3.01. The van der Waals surface area contributed by atoms with Crippen molar-refractivity contribution in [3.05, 3.63) is 11.9 Å². The van der Waals surface area contributed by atoms with E-state index in [1.54, 1.807) is 6.92 Å². The summed E-state index contributed by atoms with van der Waals surface area (Å²) in [5.74, 6) is 0. The number of halogens is 3. The molecule has 0 saturated heterocycles. The van der Waals surface area contributed by atoms with Crippen molar-refractivity contribution in [1.82, 2.24) is 9.78 Å². The van der Waals surface area contributed by atoms with Crippen LogP contribution in [0.3, 0.4) is 0 Å². The van der Waals surface area contributed by atoms with Gasteiger partial charge in [0.1, 0.15) is 10.6 Å². The van der Waals surface area contributed by atoms with Gasteiger partial charge < -0.3 is 4.74 Å². The van der Waals surface area contributed by atoms with Crippen molar-refractivity contribution in [1.29, 1.82) is 0 Å². The topological polar surface area (TPSA) is 61.2 Å². The average Bonchev–Trinajstić information content (AvgIpc) is 2.69. The second kappa shape index (κ2) is 5.94. The molecule has 0 fully saturated rings. The predicted octanol–water partition coefficient (Wildman–Crippen LogP) is 2.52. The number of aromatic nitrogens is 2. The predicted molar refractivity (Wildman–Crippen MR) is 61.1 cm³/mol. The summed E-state index contributed by atoms with van der Waals surface area (Å²) in [5.41, 5.74) is -0.120. The molecule has 0 saturated carbocycles. The van der Waals surface area contributed by atoms with Crippen molar-refractivity contribution in [2.75, 3.05) is 0 Å². The summed E-state index contributed by atoms with van der Waals surface area (Å²) >= 11 is 0. The summed E-state index contributed by atoms with van der Waals surface area (Å²) in [4.78, 5) is -0.451. The molecule has 1 aromatic heterocycles. The minimum atomic E-state index is -4.13. The van der Waals surface area contributed by atoms with E-state index in [4.69, 9.17) is 15.4 Å². The molecule has 1 atom stereocenters. The van der Waals surface area contributed by atoms with Gasteiger partial charge in [-0.05, 0) is 13.3 Å². The first kappa shape index (κ1) is 15.3. The molecule has 18 heavy (non-hydrogen) atoms. The van der Waals surface area contributed by atoms with Gasteiger partial charge in [-0.1, -0.05) is 6.92 Å². The van der Waals surface area contributed by atoms with Crippen molar-refractivity contribution in [3.8, 4) is 0 Å². The molecule has 0 N–H and O–H groups in total. The lowest BCUT2D eigenvalue weighted by Crippen LogP contribution is -2.08. The van der Waals surface area contributed by atoms with Crippen LogP contribution < -0.4 is 0 Å². The van der Waals surface area contributed by atoms with E-state index in [9.17, 15) is 17.2 Å². The van der Waals surface area contributed by atoms with Crippen molar-refractivity contribution in [2.24, 2.45) is 0 Å². The zero-order valence-electron chi connectivity index (χ0n) is 9.81. The van der Waals surface area contributed by atoms with Gasteiger partial charge in [0.15, 0.2) is 0 Å². The summed E-state index contributed by atoms with van der Waals surface area (Å²) in [6, 6.07) is 0. The van der Waals surface area contributed by atoms with E-state index in [0.29, 0.717) is 12.6 Å². The highest BCUT2D eigenvalue weighted by atomic mass is 35.7. The SMILES string of the molecule is CCC(C)OCc1nn(C(F)F)cc1S(=O)(=O)Cl. The molecule has 0 aliphatic carbocycles. The van der Waals surface area contributed by atoms with E-state index in [1.165, 1.54) is 0 Å². The minimum Gasteiger partial charge on any atom is -0.372 e. The Morgan fingerprint density at radius 1 is 1.56 bits per heavy atom. The molecule has 0 radical (unpaired) electrons. The lowest BCUT2D eigenvalue weighted by Gasteiger charge is -2.09. The van der Waals surface area contributed by atoms with Crippen LogP contribution in [0.5, 0.6) is 0 Å². The maximum atomic E-state index is 12.4. The fraction of sp³-hybridized carbons (Fsp3) is 0.667. The lowest BCUT2D eigenvalue weighted by molar-refractivity contribution is 0.0410. The monoisotopic (exact) mass is 302 g/mol. The van der Waals surface area contributed by atoms with Gasteiger partial charge in [0.05, 0.1) is 18.9 Å². The van der Waals surface area contributed by atoms with Crippen molar-refractivity contribution >= 4 is 19.7 Å². The van der Waals surface area contributed by atoms with E-state index >= 15 is 0 Å². The Bertz CT molecular complexity index is 504. The van der Waals surface area contributed by atoms with E-state index < -0.39 is 20.5 Å². The molecule has 9 heteroatoms. The van der Waals surface area contributed by atoms with Crippen LogP contribution in [0.1, 0.15) is 32.5 Å². The number of alkyl halides is 2. The van der Waals surface area contributed by atoms with Crippen LogP contribution in [-0.2, 0) is 20.4 Å². The Labute approximate surface area is 108 Å². The van der Waals surface area contributed by atoms with Crippen LogP contribution >= 0.6 is 10.7 Å². The van der Waals surface area contributed by atoms with E-state index in [2.05, 4.69) is 5.10 Å². The quantitative estimate of drug-likeness (QED) is 0.758. The third-order valence-electron chi connectivity index (χ3n) is 2.31. The van der Waals surface area contributed by atoms with Gasteiger partial charge in [-0.25, -0.2) is 13.1 Å². The van der Waals surface area contributed by atoms with E-state index in [-0.39, 0.29) is 23.1 Å². The van der Waals surface area contributed by atoms with Gasteiger partial charge in [0, 0.05) is 10.7 Å². The van der Waals surface area contributed by atoms with Crippen molar-refractivity contribution in [2.45, 2.75) is 44.4 Å². The summed E-state index contributed by atoms with van der Waals surface area (Å²) in [6.07, 6.45) is 1.27. The lowest BCUT2D eigenvalue weighted by atomic mass is 10.3. The van der Waals surface area contributed by atoms with Crippen molar-refractivity contribution in [3.63, 3.8) is 0 Å². The number of ether oxygens (including phenoxy) is 1. The van der Waals surface area contributed by atoms with Gasteiger partial charge >= 0.3 is 6.55 Å². The molecule has 104 valence electrons. The number of nitrogens with zero attached hydrogens (tertiary/aromatic N) is 2. The summed E-state index contributed by atoms with van der Waals surface area (Å²) < 4.78 is 52.8. The van der Waals surface area contributed by atoms with Gasteiger partial charge in [0.25, 0.3) is 9.05 Å². The summed E-state index contributed by atoms with van der Waals surface area (Å²) in [5, 5.41) is 3.46. The maximum absolute atomic E-state index is 12.4. The molecule has 0 amide bonds. The van der Waals surface area contributed by atoms with Crippen LogP contribution in [0.15, 0.2) is 11.1 Å². The van der Waals surface area contributed by atoms with Gasteiger partial charge in [-0.2, -0.15) is 13.9 Å². The van der Waals surface area contributed by atoms with Crippen LogP contribution in [0.25, 0.3) is 0 Å². The molecule has 0 spiro atoms. The van der Waals surface area contributed by atoms with Crippen LogP contribution in [0, 0.1) is 0 Å². The molecule has 0 aliphatic rings. The number of rotatable bonds is 6. The molecular weight excluding hydrogens is 290 g/mol. The molecule has 1 unspecified atom stereocenters. The van der Waals surface area contributed by atoms with Crippen LogP contribution in [-0.4, -0.2) is 24.3 Å². The van der Waals surface area contributed by atoms with Crippen molar-refractivity contribution < 1.29 is 21.9 Å². The highest BCUT2D eigenvalue weighted by molar-refractivity contribution is 8.13. The maximum Gasteiger partial charge on any atom is 0.333 e. The molecule has 0 aromatic carbocycles. The zero-order valence-corrected chi connectivity index (χ0v) is 11.4. The standard InChI is InChI=1S/C9H13ClF2N2O3S/c1-3-6(2)17-5-7-8(18(10,15)16)4-14(13-7)9(11)12/h4,6,9H,3,5H2,1-2H3. The Morgan fingerprint density at radius 3 is 2.61 bits per heavy atom. The Kier molecular flexibility index (Phi) is 5.06. The Hall–Kier alpha value is -0.730. The number of hydrogen-bond acceptors (Lipinski definition) is 4. The normalized spacial score (nSPS) is 14.1. The zero-order chi connectivity index (χ0) is 13.9. The second-order valence-electron chi connectivity index (χ2n) is 3.67. The first-order valence-electron chi connectivity index (χ1n) is 5.18. The summed E-state index contributed by atoms with van der Waals surface area (Å²) in [7, 11) is 1.02. The van der Waals surface area contributed by atoms with Crippen LogP contribution in [0.4, 0.5) is 8.78 Å². The summed E-state index contributed by atoms with van der Waals surface area (Å²) in [6.45, 7) is 0.538. The Morgan fingerprint density at radius 2 is 2.17 bits per heavy atom. The van der Waals surface area contributed by atoms with Crippen LogP contribution in [0.2, 0.25) is 0 Å². The van der Waals surface area contributed by atoms with E-state index in [0.717, 1.165) is 0 Å². The largest absolute Gasteiger partial charge is 0.372 e. The highest BCUT2D eigenvalue weighted by Gasteiger charge is 2.23. The van der Waals surface area contributed by atoms with Gasteiger partial charge in [-0.15, -0.1) is 0 Å². The minimum absolute atomic E-state index is 0.120. The second-order valence-corrected chi connectivity index (χ2v) is 6.20. The fourth-order valence-corrected chi connectivity index (χ4v) is 2.16.